The summed E-state index contributed by atoms with van der Waals surface area (Å²) < 4.78 is 0. The van der Waals surface area contributed by atoms with E-state index < -0.39 is 11.8 Å². The van der Waals surface area contributed by atoms with Gasteiger partial charge in [0, 0.05) is 6.04 Å². The number of hydrogen-bond acceptors (Lipinski definition) is 3. The van der Waals surface area contributed by atoms with E-state index in [-0.39, 0.29) is 17.6 Å². The van der Waals surface area contributed by atoms with E-state index in [0.717, 1.165) is 12.3 Å². The van der Waals surface area contributed by atoms with Gasteiger partial charge in [-0.05, 0) is 31.1 Å². The number of thiocarbonyl (C=S) groups is 1. The largest absolute Gasteiger partial charge is 0.392 e. The van der Waals surface area contributed by atoms with Crippen LogP contribution in [-0.4, -0.2) is 29.4 Å². The summed E-state index contributed by atoms with van der Waals surface area (Å²) in [6.07, 6.45) is 4.65. The Morgan fingerprint density at radius 2 is 2.00 bits per heavy atom. The topological polar surface area (TPSA) is 84.2 Å². The SMILES string of the molecule is NC(=S)CNC(=O)C(=O)NC1CC2CCC1C2. The van der Waals surface area contributed by atoms with Gasteiger partial charge in [0.1, 0.15) is 0 Å². The number of amides is 2. The molecule has 2 bridgehead atoms. The molecule has 4 N–H and O–H groups in total. The average molecular weight is 255 g/mol. The molecule has 0 aromatic carbocycles. The third kappa shape index (κ3) is 2.94. The lowest BCUT2D eigenvalue weighted by Gasteiger charge is -2.22. The fourth-order valence-electron chi connectivity index (χ4n) is 2.90. The highest BCUT2D eigenvalue weighted by Crippen LogP contribution is 2.44. The number of fused-ring (bicyclic) bond motifs is 2. The Morgan fingerprint density at radius 1 is 1.24 bits per heavy atom. The van der Waals surface area contributed by atoms with E-state index in [4.69, 9.17) is 5.73 Å². The minimum absolute atomic E-state index is 0.0678. The van der Waals surface area contributed by atoms with Gasteiger partial charge < -0.3 is 16.4 Å². The maximum atomic E-state index is 11.6. The Hall–Kier alpha value is -1.17. The first-order valence-corrected chi connectivity index (χ1v) is 6.34. The van der Waals surface area contributed by atoms with Crippen LogP contribution >= 0.6 is 12.2 Å². The van der Waals surface area contributed by atoms with Crippen molar-refractivity contribution in [2.45, 2.75) is 31.7 Å². The molecule has 0 aromatic rings. The summed E-state index contributed by atoms with van der Waals surface area (Å²) in [4.78, 5) is 23.2. The van der Waals surface area contributed by atoms with Crippen LogP contribution in [0.4, 0.5) is 0 Å². The molecular formula is C11H17N3O2S. The molecule has 0 saturated heterocycles. The van der Waals surface area contributed by atoms with E-state index in [1.54, 1.807) is 0 Å². The second kappa shape index (κ2) is 5.00. The van der Waals surface area contributed by atoms with Crippen LogP contribution in [0.15, 0.2) is 0 Å². The number of carbonyl (C=O) groups excluding carboxylic acids is 2. The van der Waals surface area contributed by atoms with Crippen molar-refractivity contribution < 1.29 is 9.59 Å². The second-order valence-electron chi connectivity index (χ2n) is 4.90. The number of nitrogens with one attached hydrogen (secondary N) is 2. The fraction of sp³-hybridized carbons (Fsp3) is 0.727. The zero-order chi connectivity index (χ0) is 12.4. The smallest absolute Gasteiger partial charge is 0.309 e. The lowest BCUT2D eigenvalue weighted by atomic mass is 9.95. The Bertz CT molecular complexity index is 359. The molecule has 0 spiro atoms. The van der Waals surface area contributed by atoms with E-state index in [1.807, 2.05) is 0 Å². The van der Waals surface area contributed by atoms with E-state index in [2.05, 4.69) is 22.9 Å². The molecule has 2 saturated carbocycles. The normalized spacial score (nSPS) is 30.0. The molecular weight excluding hydrogens is 238 g/mol. The summed E-state index contributed by atoms with van der Waals surface area (Å²) in [5.41, 5.74) is 5.24. The standard InChI is InChI=1S/C11H17N3O2S/c12-9(17)5-13-10(15)11(16)14-8-4-6-1-2-7(8)3-6/h6-8H,1-5H2,(H2,12,17)(H,13,15)(H,14,16). The molecule has 2 aliphatic carbocycles. The number of rotatable bonds is 3. The van der Waals surface area contributed by atoms with Crippen LogP contribution in [0, 0.1) is 11.8 Å². The van der Waals surface area contributed by atoms with Crippen molar-refractivity contribution in [3.63, 3.8) is 0 Å². The summed E-state index contributed by atoms with van der Waals surface area (Å²) >= 11 is 4.62. The minimum atomic E-state index is -0.652. The van der Waals surface area contributed by atoms with Gasteiger partial charge in [-0.3, -0.25) is 9.59 Å². The van der Waals surface area contributed by atoms with Crippen LogP contribution in [0.25, 0.3) is 0 Å². The molecule has 0 heterocycles. The lowest BCUT2D eigenvalue weighted by molar-refractivity contribution is -0.139. The van der Waals surface area contributed by atoms with Gasteiger partial charge in [0.25, 0.3) is 0 Å². The van der Waals surface area contributed by atoms with E-state index in [9.17, 15) is 9.59 Å². The molecule has 0 aromatic heterocycles. The van der Waals surface area contributed by atoms with Crippen LogP contribution in [-0.2, 0) is 9.59 Å². The Labute approximate surface area is 105 Å². The minimum Gasteiger partial charge on any atom is -0.392 e. The van der Waals surface area contributed by atoms with Gasteiger partial charge in [-0.25, -0.2) is 0 Å². The van der Waals surface area contributed by atoms with Gasteiger partial charge in [0.15, 0.2) is 0 Å². The Balaban J connectivity index is 1.77. The molecule has 3 unspecified atom stereocenters. The molecule has 17 heavy (non-hydrogen) atoms. The molecule has 94 valence electrons. The quantitative estimate of drug-likeness (QED) is 0.477. The van der Waals surface area contributed by atoms with Crippen molar-refractivity contribution in [3.05, 3.63) is 0 Å². The van der Waals surface area contributed by atoms with E-state index >= 15 is 0 Å². The third-order valence-corrected chi connectivity index (χ3v) is 3.83. The van der Waals surface area contributed by atoms with E-state index in [1.165, 1.54) is 19.3 Å². The van der Waals surface area contributed by atoms with Gasteiger partial charge in [-0.1, -0.05) is 18.6 Å². The molecule has 2 rings (SSSR count). The predicted octanol–water partition coefficient (Wildman–Crippen LogP) is -0.307. The number of nitrogens with two attached hydrogens (primary N) is 1. The highest BCUT2D eigenvalue weighted by Gasteiger charge is 2.40. The maximum Gasteiger partial charge on any atom is 0.309 e. The fourth-order valence-corrected chi connectivity index (χ4v) is 2.98. The van der Waals surface area contributed by atoms with Crippen molar-refractivity contribution in [2.24, 2.45) is 17.6 Å². The summed E-state index contributed by atoms with van der Waals surface area (Å²) in [5.74, 6) is 0.0803. The van der Waals surface area contributed by atoms with Gasteiger partial charge in [0.2, 0.25) is 0 Å². The monoisotopic (exact) mass is 255 g/mol. The Kier molecular flexibility index (Phi) is 3.61. The zero-order valence-corrected chi connectivity index (χ0v) is 10.4. The van der Waals surface area contributed by atoms with Crippen LogP contribution < -0.4 is 16.4 Å². The molecule has 0 radical (unpaired) electrons. The van der Waals surface area contributed by atoms with Crippen LogP contribution in [0.1, 0.15) is 25.7 Å². The third-order valence-electron chi connectivity index (χ3n) is 3.68. The Morgan fingerprint density at radius 3 is 2.53 bits per heavy atom. The molecule has 2 fully saturated rings. The maximum absolute atomic E-state index is 11.6. The van der Waals surface area contributed by atoms with Crippen LogP contribution in [0.5, 0.6) is 0 Å². The van der Waals surface area contributed by atoms with Crippen molar-refractivity contribution in [1.29, 1.82) is 0 Å². The molecule has 2 aliphatic rings. The first-order valence-electron chi connectivity index (χ1n) is 5.93. The molecule has 5 nitrogen and oxygen atoms in total. The van der Waals surface area contributed by atoms with Gasteiger partial charge in [0.05, 0.1) is 11.5 Å². The van der Waals surface area contributed by atoms with Gasteiger partial charge in [-0.2, -0.15) is 0 Å². The van der Waals surface area contributed by atoms with Crippen LogP contribution in [0.2, 0.25) is 0 Å². The highest BCUT2D eigenvalue weighted by molar-refractivity contribution is 7.80. The van der Waals surface area contributed by atoms with Crippen molar-refractivity contribution in [2.75, 3.05) is 6.54 Å². The van der Waals surface area contributed by atoms with Crippen LogP contribution in [0.3, 0.4) is 0 Å². The second-order valence-corrected chi connectivity index (χ2v) is 5.43. The first-order chi connectivity index (χ1) is 8.06. The van der Waals surface area contributed by atoms with Gasteiger partial charge >= 0.3 is 11.8 Å². The molecule has 2 amide bonds. The first kappa shape index (κ1) is 12.3. The summed E-state index contributed by atoms with van der Waals surface area (Å²) in [6, 6.07) is 0.178. The van der Waals surface area contributed by atoms with E-state index in [0.29, 0.717) is 5.92 Å². The summed E-state index contributed by atoms with van der Waals surface area (Å²) in [5, 5.41) is 5.18. The molecule has 3 atom stereocenters. The summed E-state index contributed by atoms with van der Waals surface area (Å²) in [6.45, 7) is 0.0678. The average Bonchev–Trinajstić information content (AvgIpc) is 2.87. The predicted molar refractivity (Wildman–Crippen MR) is 67.2 cm³/mol. The highest BCUT2D eigenvalue weighted by atomic mass is 32.1. The summed E-state index contributed by atoms with van der Waals surface area (Å²) in [7, 11) is 0. The molecule has 6 heteroatoms. The number of carbonyl (C=O) groups is 2. The van der Waals surface area contributed by atoms with Crippen molar-refractivity contribution >= 4 is 29.0 Å². The van der Waals surface area contributed by atoms with Crippen molar-refractivity contribution in [1.82, 2.24) is 10.6 Å². The van der Waals surface area contributed by atoms with Gasteiger partial charge in [-0.15, -0.1) is 0 Å². The lowest BCUT2D eigenvalue weighted by Crippen LogP contribution is -2.47. The number of hydrogen-bond donors (Lipinski definition) is 3. The zero-order valence-electron chi connectivity index (χ0n) is 9.57. The molecule has 0 aliphatic heterocycles. The van der Waals surface area contributed by atoms with Crippen molar-refractivity contribution in [3.8, 4) is 0 Å².